The number of carbonyl (C=O) groups is 1. The molecule has 0 atom stereocenters. The fraction of sp³-hybridized carbons (Fsp3) is 0.400. The number of fused-ring (bicyclic) bond motifs is 1. The smallest absolute Gasteiger partial charge is 0.234 e. The van der Waals surface area contributed by atoms with E-state index in [1.54, 1.807) is 13.2 Å². The van der Waals surface area contributed by atoms with Crippen molar-refractivity contribution < 1.29 is 18.7 Å². The molecule has 0 bridgehead atoms. The molecule has 1 aliphatic carbocycles. The molecule has 10 heteroatoms. The summed E-state index contributed by atoms with van der Waals surface area (Å²) in [5.74, 6) is 1.39. The van der Waals surface area contributed by atoms with Crippen LogP contribution in [0.2, 0.25) is 5.02 Å². The molecule has 1 aromatic heterocycles. The molecule has 35 heavy (non-hydrogen) atoms. The Bertz CT molecular complexity index is 1240. The minimum atomic E-state index is -0.483. The van der Waals surface area contributed by atoms with Crippen molar-refractivity contribution in [1.29, 1.82) is 0 Å². The highest BCUT2D eigenvalue weighted by Gasteiger charge is 2.30. The number of piperazine rings is 1. The minimum Gasteiger partial charge on any atom is -0.493 e. The van der Waals surface area contributed by atoms with Gasteiger partial charge in [-0.25, -0.2) is 14.4 Å². The largest absolute Gasteiger partial charge is 0.493 e. The Kier molecular flexibility index (Phi) is 6.88. The molecule has 184 valence electrons. The molecule has 2 N–H and O–H groups in total. The van der Waals surface area contributed by atoms with Crippen molar-refractivity contribution in [2.75, 3.05) is 32.1 Å². The summed E-state index contributed by atoms with van der Waals surface area (Å²) >= 11 is 5.93. The number of nitrogens with one attached hydrogen (secondary N) is 2. The highest BCUT2D eigenvalue weighted by atomic mass is 35.5. The lowest BCUT2D eigenvalue weighted by Crippen LogP contribution is -2.52. The zero-order valence-corrected chi connectivity index (χ0v) is 20.1. The van der Waals surface area contributed by atoms with E-state index in [2.05, 4.69) is 25.5 Å². The maximum atomic E-state index is 13.6. The van der Waals surface area contributed by atoms with E-state index in [0.29, 0.717) is 47.7 Å². The van der Waals surface area contributed by atoms with Gasteiger partial charge in [0.1, 0.15) is 18.0 Å². The molecule has 0 radical (unpaired) electrons. The van der Waals surface area contributed by atoms with E-state index in [4.69, 9.17) is 21.1 Å². The molecule has 0 unspecified atom stereocenters. The SMILES string of the molecule is COc1cc2ncnc(Nc3ccc(F)c(Cl)c3)c2cc1O[C@H]1CC[C@H](N2CCNC(=O)C2)CC1. The van der Waals surface area contributed by atoms with Gasteiger partial charge in [-0.15, -0.1) is 0 Å². The predicted molar refractivity (Wildman–Crippen MR) is 132 cm³/mol. The van der Waals surface area contributed by atoms with Gasteiger partial charge >= 0.3 is 0 Å². The van der Waals surface area contributed by atoms with Crippen LogP contribution < -0.4 is 20.1 Å². The van der Waals surface area contributed by atoms with Gasteiger partial charge in [-0.05, 0) is 49.9 Å². The second-order valence-corrected chi connectivity index (χ2v) is 9.27. The maximum Gasteiger partial charge on any atom is 0.234 e. The molecule has 1 amide bonds. The van der Waals surface area contributed by atoms with Gasteiger partial charge < -0.3 is 20.1 Å². The van der Waals surface area contributed by atoms with Gasteiger partial charge in [0.15, 0.2) is 11.5 Å². The van der Waals surface area contributed by atoms with E-state index in [1.165, 1.54) is 18.5 Å². The Morgan fingerprint density at radius 2 is 1.97 bits per heavy atom. The Balaban J connectivity index is 1.33. The third kappa shape index (κ3) is 5.26. The molecule has 1 saturated carbocycles. The molecule has 2 fully saturated rings. The summed E-state index contributed by atoms with van der Waals surface area (Å²) in [6.07, 6.45) is 5.26. The van der Waals surface area contributed by atoms with E-state index in [9.17, 15) is 9.18 Å². The second kappa shape index (κ2) is 10.2. The van der Waals surface area contributed by atoms with E-state index in [0.717, 1.165) is 37.6 Å². The van der Waals surface area contributed by atoms with Gasteiger partial charge in [0, 0.05) is 36.3 Å². The number of aromatic nitrogens is 2. The fourth-order valence-corrected chi connectivity index (χ4v) is 4.98. The zero-order chi connectivity index (χ0) is 24.4. The molecular weight excluding hydrogens is 473 g/mol. The standard InChI is InChI=1S/C25H27ClFN5O3/c1-34-22-12-21-18(25(30-14-29-21)31-15-2-7-20(27)19(26)10-15)11-23(22)35-17-5-3-16(4-6-17)32-9-8-28-24(33)13-32/h2,7,10-12,14,16-17H,3-6,8-9,13H2,1H3,(H,28,33)(H,29,30,31)/t16-,17-. The Labute approximate surface area is 207 Å². The summed E-state index contributed by atoms with van der Waals surface area (Å²) in [6, 6.07) is 8.52. The number of rotatable bonds is 6. The van der Waals surface area contributed by atoms with Crippen molar-refractivity contribution in [3.05, 3.63) is 47.5 Å². The van der Waals surface area contributed by atoms with Crippen molar-refractivity contribution in [3.8, 4) is 11.5 Å². The summed E-state index contributed by atoms with van der Waals surface area (Å²) in [5.41, 5.74) is 1.30. The fourth-order valence-electron chi connectivity index (χ4n) is 4.80. The van der Waals surface area contributed by atoms with Crippen LogP contribution in [0, 0.1) is 5.82 Å². The lowest BCUT2D eigenvalue weighted by atomic mass is 9.91. The lowest BCUT2D eigenvalue weighted by molar-refractivity contribution is -0.125. The summed E-state index contributed by atoms with van der Waals surface area (Å²) in [7, 11) is 1.60. The predicted octanol–water partition coefficient (Wildman–Crippen LogP) is 4.30. The number of hydrogen-bond acceptors (Lipinski definition) is 7. The number of amides is 1. The maximum absolute atomic E-state index is 13.6. The molecule has 2 heterocycles. The average Bonchev–Trinajstić information content (AvgIpc) is 2.87. The lowest BCUT2D eigenvalue weighted by Gasteiger charge is -2.38. The van der Waals surface area contributed by atoms with Crippen LogP contribution in [0.4, 0.5) is 15.9 Å². The minimum absolute atomic E-state index is 0.0276. The van der Waals surface area contributed by atoms with E-state index < -0.39 is 5.82 Å². The second-order valence-electron chi connectivity index (χ2n) is 8.87. The van der Waals surface area contributed by atoms with Gasteiger partial charge in [0.2, 0.25) is 5.91 Å². The van der Waals surface area contributed by atoms with Crippen LogP contribution in [0.5, 0.6) is 11.5 Å². The molecule has 8 nitrogen and oxygen atoms in total. The molecular formula is C25H27ClFN5O3. The van der Waals surface area contributed by atoms with Crippen LogP contribution in [-0.4, -0.2) is 59.7 Å². The first-order chi connectivity index (χ1) is 17.0. The number of nitrogens with zero attached hydrogens (tertiary/aromatic N) is 3. The average molecular weight is 500 g/mol. The Morgan fingerprint density at radius 1 is 1.14 bits per heavy atom. The molecule has 2 aliphatic rings. The Hall–Kier alpha value is -3.17. The van der Waals surface area contributed by atoms with Crippen molar-refractivity contribution >= 4 is 39.9 Å². The van der Waals surface area contributed by atoms with Gasteiger partial charge in [0.05, 0.1) is 30.3 Å². The Morgan fingerprint density at radius 3 is 2.71 bits per heavy atom. The normalized spacial score (nSPS) is 20.9. The number of halogens is 2. The van der Waals surface area contributed by atoms with Gasteiger partial charge in [0.25, 0.3) is 0 Å². The van der Waals surface area contributed by atoms with Crippen molar-refractivity contribution in [2.24, 2.45) is 0 Å². The van der Waals surface area contributed by atoms with E-state index >= 15 is 0 Å². The highest BCUT2D eigenvalue weighted by Crippen LogP contribution is 2.37. The third-order valence-electron chi connectivity index (χ3n) is 6.62. The molecule has 5 rings (SSSR count). The van der Waals surface area contributed by atoms with Crippen LogP contribution in [0.15, 0.2) is 36.7 Å². The molecule has 1 aliphatic heterocycles. The monoisotopic (exact) mass is 499 g/mol. The summed E-state index contributed by atoms with van der Waals surface area (Å²) < 4.78 is 25.6. The number of hydrogen-bond donors (Lipinski definition) is 2. The van der Waals surface area contributed by atoms with Crippen LogP contribution in [0.1, 0.15) is 25.7 Å². The van der Waals surface area contributed by atoms with Gasteiger partial charge in [-0.1, -0.05) is 11.6 Å². The topological polar surface area (TPSA) is 88.6 Å². The van der Waals surface area contributed by atoms with Crippen LogP contribution in [0.25, 0.3) is 10.9 Å². The third-order valence-corrected chi connectivity index (χ3v) is 6.91. The summed E-state index contributed by atoms with van der Waals surface area (Å²) in [6.45, 7) is 2.09. The number of benzene rings is 2. The zero-order valence-electron chi connectivity index (χ0n) is 19.4. The van der Waals surface area contributed by atoms with E-state index in [1.807, 2.05) is 12.1 Å². The van der Waals surface area contributed by atoms with Crippen LogP contribution in [0.3, 0.4) is 0 Å². The number of anilines is 2. The molecule has 0 spiro atoms. The first-order valence-electron chi connectivity index (χ1n) is 11.7. The number of methoxy groups -OCH3 is 1. The summed E-state index contributed by atoms with van der Waals surface area (Å²) in [4.78, 5) is 22.8. The highest BCUT2D eigenvalue weighted by molar-refractivity contribution is 6.31. The van der Waals surface area contributed by atoms with Gasteiger partial charge in [-0.3, -0.25) is 9.69 Å². The molecule has 1 saturated heterocycles. The quantitative estimate of drug-likeness (QED) is 0.523. The first kappa shape index (κ1) is 23.6. The first-order valence-corrected chi connectivity index (χ1v) is 12.1. The molecule has 3 aromatic rings. The van der Waals surface area contributed by atoms with Crippen LogP contribution in [-0.2, 0) is 4.79 Å². The van der Waals surface area contributed by atoms with Crippen molar-refractivity contribution in [1.82, 2.24) is 20.2 Å². The molecule has 2 aromatic carbocycles. The van der Waals surface area contributed by atoms with E-state index in [-0.39, 0.29) is 17.0 Å². The van der Waals surface area contributed by atoms with Crippen LogP contribution >= 0.6 is 11.6 Å². The number of ether oxygens (including phenoxy) is 2. The van der Waals surface area contributed by atoms with Gasteiger partial charge in [-0.2, -0.15) is 0 Å². The number of carbonyl (C=O) groups excluding carboxylic acids is 1. The van der Waals surface area contributed by atoms with Crippen molar-refractivity contribution in [3.63, 3.8) is 0 Å². The van der Waals surface area contributed by atoms with Crippen molar-refractivity contribution in [2.45, 2.75) is 37.8 Å². The summed E-state index contributed by atoms with van der Waals surface area (Å²) in [5, 5.41) is 6.85.